The average Bonchev–Trinajstić information content (AvgIpc) is 2.66. The highest BCUT2D eigenvalue weighted by Crippen LogP contribution is 2.25. The predicted molar refractivity (Wildman–Crippen MR) is 105 cm³/mol. The Morgan fingerprint density at radius 3 is 1.42 bits per heavy atom. The number of rotatable bonds is 3. The minimum Gasteiger partial charge on any atom is -0.375 e. The Bertz CT molecular complexity index is 284. The van der Waals surface area contributed by atoms with E-state index in [1.54, 1.807) is 0 Å². The highest BCUT2D eigenvalue weighted by atomic mass is 16.5. The van der Waals surface area contributed by atoms with Gasteiger partial charge in [0.2, 0.25) is 0 Å². The van der Waals surface area contributed by atoms with E-state index >= 15 is 0 Å². The van der Waals surface area contributed by atoms with Gasteiger partial charge in [0.1, 0.15) is 0 Å². The summed E-state index contributed by atoms with van der Waals surface area (Å²) in [5.41, 5.74) is 0. The largest absolute Gasteiger partial charge is 0.375 e. The summed E-state index contributed by atoms with van der Waals surface area (Å²) < 4.78 is 6.70. The Balaban J connectivity index is 1.82. The molecule has 142 valence electrons. The van der Waals surface area contributed by atoms with Crippen LogP contribution in [0.15, 0.2) is 0 Å². The van der Waals surface area contributed by atoms with Gasteiger partial charge >= 0.3 is 0 Å². The molecule has 0 amide bonds. The molecule has 2 saturated carbocycles. The van der Waals surface area contributed by atoms with Crippen molar-refractivity contribution in [3.05, 3.63) is 0 Å². The molecule has 2 atom stereocenters. The van der Waals surface area contributed by atoms with Gasteiger partial charge in [-0.25, -0.2) is 0 Å². The van der Waals surface area contributed by atoms with Crippen molar-refractivity contribution in [2.24, 2.45) is 0 Å². The summed E-state index contributed by atoms with van der Waals surface area (Å²) in [4.78, 5) is 0. The number of hydrogen-bond donors (Lipinski definition) is 1. The number of hydrogen-bond acceptors (Lipinski definition) is 2. The third-order valence-electron chi connectivity index (χ3n) is 6.26. The monoisotopic (exact) mass is 337 g/mol. The second-order valence-electron chi connectivity index (χ2n) is 8.34. The van der Waals surface area contributed by atoms with Crippen LogP contribution in [0.5, 0.6) is 0 Å². The van der Waals surface area contributed by atoms with Crippen molar-refractivity contribution in [3.8, 4) is 0 Å². The van der Waals surface area contributed by atoms with Gasteiger partial charge in [-0.1, -0.05) is 77.0 Å². The minimum atomic E-state index is 0.520. The van der Waals surface area contributed by atoms with Crippen molar-refractivity contribution < 1.29 is 4.74 Å². The van der Waals surface area contributed by atoms with Crippen LogP contribution in [-0.2, 0) is 4.74 Å². The summed E-state index contributed by atoms with van der Waals surface area (Å²) >= 11 is 0. The first-order valence-electron chi connectivity index (χ1n) is 11.2. The van der Waals surface area contributed by atoms with Gasteiger partial charge in [0.05, 0.1) is 12.2 Å². The highest BCUT2D eigenvalue weighted by molar-refractivity contribution is 4.72. The van der Waals surface area contributed by atoms with Gasteiger partial charge in [-0.15, -0.1) is 0 Å². The standard InChI is InChI=1S/C22H43NO/c1-23-20-14-10-6-5-9-13-17-22(19-18-20)24-21-15-11-7-3-2-4-8-12-16-21/h20-23H,2-19H2,1H3. The maximum Gasteiger partial charge on any atom is 0.0579 e. The van der Waals surface area contributed by atoms with E-state index in [2.05, 4.69) is 12.4 Å². The van der Waals surface area contributed by atoms with Gasteiger partial charge in [-0.05, 0) is 45.6 Å². The van der Waals surface area contributed by atoms with Gasteiger partial charge in [0, 0.05) is 6.04 Å². The normalized spacial score (nSPS) is 30.4. The van der Waals surface area contributed by atoms with E-state index in [1.807, 2.05) is 0 Å². The molecule has 0 saturated heterocycles. The van der Waals surface area contributed by atoms with Crippen LogP contribution < -0.4 is 5.32 Å². The molecule has 0 aliphatic heterocycles. The molecule has 2 aliphatic rings. The third kappa shape index (κ3) is 8.85. The summed E-state index contributed by atoms with van der Waals surface area (Å²) in [6.07, 6.45) is 25.9. The maximum absolute atomic E-state index is 6.70. The lowest BCUT2D eigenvalue weighted by Crippen LogP contribution is -2.29. The number of ether oxygens (including phenoxy) is 1. The second kappa shape index (κ2) is 13.2. The molecule has 2 unspecified atom stereocenters. The summed E-state index contributed by atoms with van der Waals surface area (Å²) in [6, 6.07) is 0.707. The Morgan fingerprint density at radius 2 is 0.917 bits per heavy atom. The highest BCUT2D eigenvalue weighted by Gasteiger charge is 2.19. The Hall–Kier alpha value is -0.0800. The van der Waals surface area contributed by atoms with E-state index in [9.17, 15) is 0 Å². The summed E-state index contributed by atoms with van der Waals surface area (Å²) in [5.74, 6) is 0. The molecule has 0 heterocycles. The van der Waals surface area contributed by atoms with Crippen molar-refractivity contribution in [3.63, 3.8) is 0 Å². The molecule has 0 radical (unpaired) electrons. The van der Waals surface area contributed by atoms with Gasteiger partial charge < -0.3 is 10.1 Å². The van der Waals surface area contributed by atoms with E-state index in [0.29, 0.717) is 18.2 Å². The Morgan fingerprint density at radius 1 is 0.500 bits per heavy atom. The van der Waals surface area contributed by atoms with E-state index in [-0.39, 0.29) is 0 Å². The molecule has 0 spiro atoms. The van der Waals surface area contributed by atoms with Gasteiger partial charge in [-0.3, -0.25) is 0 Å². The molecular formula is C22H43NO. The number of nitrogens with one attached hydrogen (secondary N) is 1. The summed E-state index contributed by atoms with van der Waals surface area (Å²) in [6.45, 7) is 0. The maximum atomic E-state index is 6.70. The minimum absolute atomic E-state index is 0.520. The zero-order chi connectivity index (χ0) is 16.9. The molecule has 24 heavy (non-hydrogen) atoms. The first-order valence-corrected chi connectivity index (χ1v) is 11.2. The fraction of sp³-hybridized carbons (Fsp3) is 1.00. The lowest BCUT2D eigenvalue weighted by atomic mass is 9.98. The van der Waals surface area contributed by atoms with Gasteiger partial charge in [-0.2, -0.15) is 0 Å². The van der Waals surface area contributed by atoms with Crippen LogP contribution in [0, 0.1) is 0 Å². The Kier molecular flexibility index (Phi) is 11.1. The molecule has 0 bridgehead atoms. The Labute approximate surface area is 151 Å². The first-order chi connectivity index (χ1) is 11.9. The lowest BCUT2D eigenvalue weighted by molar-refractivity contribution is -0.0334. The van der Waals surface area contributed by atoms with Crippen molar-refractivity contribution in [1.29, 1.82) is 0 Å². The zero-order valence-electron chi connectivity index (χ0n) is 16.4. The van der Waals surface area contributed by atoms with Gasteiger partial charge in [0.25, 0.3) is 0 Å². The van der Waals surface area contributed by atoms with E-state index in [4.69, 9.17) is 4.74 Å². The van der Waals surface area contributed by atoms with Crippen LogP contribution in [0.4, 0.5) is 0 Å². The predicted octanol–water partition coefficient (Wildman–Crippen LogP) is 6.38. The second-order valence-corrected chi connectivity index (χ2v) is 8.34. The summed E-state index contributed by atoms with van der Waals surface area (Å²) in [5, 5.41) is 3.54. The average molecular weight is 338 g/mol. The third-order valence-corrected chi connectivity index (χ3v) is 6.26. The molecule has 0 aromatic rings. The first kappa shape index (κ1) is 20.2. The van der Waals surface area contributed by atoms with Crippen molar-refractivity contribution in [1.82, 2.24) is 5.32 Å². The fourth-order valence-electron chi connectivity index (χ4n) is 4.57. The molecule has 2 nitrogen and oxygen atoms in total. The quantitative estimate of drug-likeness (QED) is 0.645. The van der Waals surface area contributed by atoms with Crippen LogP contribution in [0.25, 0.3) is 0 Å². The van der Waals surface area contributed by atoms with E-state index in [1.165, 1.54) is 116 Å². The van der Waals surface area contributed by atoms with Crippen LogP contribution in [0.3, 0.4) is 0 Å². The zero-order valence-corrected chi connectivity index (χ0v) is 16.4. The van der Waals surface area contributed by atoms with Gasteiger partial charge in [0.15, 0.2) is 0 Å². The molecule has 2 heteroatoms. The van der Waals surface area contributed by atoms with Crippen molar-refractivity contribution >= 4 is 0 Å². The van der Waals surface area contributed by atoms with E-state index < -0.39 is 0 Å². The SMILES string of the molecule is CNC1CCCCCCCC(OC2CCCCCCCCC2)CC1. The van der Waals surface area contributed by atoms with Crippen LogP contribution >= 0.6 is 0 Å². The molecule has 2 rings (SSSR count). The molecule has 1 N–H and O–H groups in total. The molecule has 0 aromatic carbocycles. The van der Waals surface area contributed by atoms with Crippen molar-refractivity contribution in [2.75, 3.05) is 7.05 Å². The van der Waals surface area contributed by atoms with Crippen LogP contribution in [-0.4, -0.2) is 25.3 Å². The van der Waals surface area contributed by atoms with E-state index in [0.717, 1.165) is 0 Å². The van der Waals surface area contributed by atoms with Crippen LogP contribution in [0.1, 0.15) is 116 Å². The smallest absolute Gasteiger partial charge is 0.0579 e. The fourth-order valence-corrected chi connectivity index (χ4v) is 4.57. The topological polar surface area (TPSA) is 21.3 Å². The molecule has 0 aromatic heterocycles. The molecule has 2 aliphatic carbocycles. The van der Waals surface area contributed by atoms with Crippen molar-refractivity contribution in [2.45, 2.75) is 134 Å². The summed E-state index contributed by atoms with van der Waals surface area (Å²) in [7, 11) is 2.14. The molecular weight excluding hydrogens is 294 g/mol. The lowest BCUT2D eigenvalue weighted by Gasteiger charge is -2.27. The molecule has 2 fully saturated rings. The van der Waals surface area contributed by atoms with Crippen LogP contribution in [0.2, 0.25) is 0 Å².